The summed E-state index contributed by atoms with van der Waals surface area (Å²) in [6.07, 6.45) is 3.23. The molecule has 6 nitrogen and oxygen atoms in total. The standard InChI is InChI=1S/C15H18N4O2S/c1-18(2)13-12-10-5-6-22-15(10)19(14(12)17-8-16-13)11-4-3-9(7-20)21-11/h5-6,8-9,11,20H,3-4,7H2,1-2H3. The number of rotatable bonds is 3. The van der Waals surface area contributed by atoms with Crippen molar-refractivity contribution in [3.8, 4) is 0 Å². The molecule has 116 valence electrons. The molecule has 22 heavy (non-hydrogen) atoms. The van der Waals surface area contributed by atoms with E-state index in [1.807, 2.05) is 19.0 Å². The highest BCUT2D eigenvalue weighted by Crippen LogP contribution is 2.41. The second kappa shape index (κ2) is 5.19. The maximum Gasteiger partial charge on any atom is 0.149 e. The van der Waals surface area contributed by atoms with Gasteiger partial charge in [-0.15, -0.1) is 11.3 Å². The number of aromatic nitrogens is 3. The number of hydrogen-bond donors (Lipinski definition) is 1. The Labute approximate surface area is 132 Å². The third-order valence-electron chi connectivity index (χ3n) is 4.17. The van der Waals surface area contributed by atoms with E-state index >= 15 is 0 Å². The van der Waals surface area contributed by atoms with E-state index in [0.717, 1.165) is 34.5 Å². The lowest BCUT2D eigenvalue weighted by molar-refractivity contribution is -0.0183. The summed E-state index contributed by atoms with van der Waals surface area (Å²) in [5.74, 6) is 0.920. The fourth-order valence-corrected chi connectivity index (χ4v) is 4.13. The number of ether oxygens (including phenoxy) is 1. The molecule has 1 saturated heterocycles. The third kappa shape index (κ3) is 1.93. The van der Waals surface area contributed by atoms with Crippen molar-refractivity contribution in [1.29, 1.82) is 0 Å². The highest BCUT2D eigenvalue weighted by Gasteiger charge is 2.30. The van der Waals surface area contributed by atoms with Gasteiger partial charge < -0.3 is 14.7 Å². The molecule has 1 aliphatic heterocycles. The van der Waals surface area contributed by atoms with Crippen LogP contribution < -0.4 is 4.90 Å². The summed E-state index contributed by atoms with van der Waals surface area (Å²) >= 11 is 1.69. The van der Waals surface area contributed by atoms with Crippen molar-refractivity contribution < 1.29 is 9.84 Å². The van der Waals surface area contributed by atoms with E-state index in [2.05, 4.69) is 26.0 Å². The van der Waals surface area contributed by atoms with Gasteiger partial charge in [0.1, 0.15) is 28.9 Å². The molecule has 0 radical (unpaired) electrons. The Bertz CT molecular complexity index is 826. The first kappa shape index (κ1) is 13.9. The summed E-state index contributed by atoms with van der Waals surface area (Å²) in [6, 6.07) is 2.12. The first-order valence-corrected chi connectivity index (χ1v) is 8.24. The molecule has 0 amide bonds. The van der Waals surface area contributed by atoms with Crippen LogP contribution in [-0.4, -0.2) is 46.4 Å². The zero-order valence-electron chi connectivity index (χ0n) is 12.6. The van der Waals surface area contributed by atoms with Crippen molar-refractivity contribution in [2.75, 3.05) is 25.6 Å². The molecular weight excluding hydrogens is 300 g/mol. The summed E-state index contributed by atoms with van der Waals surface area (Å²) in [5.41, 5.74) is 0.907. The molecule has 1 fully saturated rings. The Kier molecular flexibility index (Phi) is 3.28. The van der Waals surface area contributed by atoms with Crippen LogP contribution in [-0.2, 0) is 4.74 Å². The molecule has 0 spiro atoms. The third-order valence-corrected chi connectivity index (χ3v) is 5.08. The molecule has 4 heterocycles. The molecule has 0 saturated carbocycles. The molecule has 0 aromatic carbocycles. The van der Waals surface area contributed by atoms with E-state index in [0.29, 0.717) is 0 Å². The summed E-state index contributed by atoms with van der Waals surface area (Å²) < 4.78 is 8.15. The van der Waals surface area contributed by atoms with Gasteiger partial charge >= 0.3 is 0 Å². The van der Waals surface area contributed by atoms with Crippen LogP contribution >= 0.6 is 11.3 Å². The molecular formula is C15H18N4O2S. The van der Waals surface area contributed by atoms with Gasteiger partial charge in [0.2, 0.25) is 0 Å². The van der Waals surface area contributed by atoms with E-state index < -0.39 is 0 Å². The zero-order chi connectivity index (χ0) is 15.3. The number of fused-ring (bicyclic) bond motifs is 3. The second-order valence-corrected chi connectivity index (χ2v) is 6.67. The summed E-state index contributed by atoms with van der Waals surface area (Å²) in [6.45, 7) is 0.0707. The Hall–Kier alpha value is -1.70. The molecule has 4 rings (SSSR count). The lowest BCUT2D eigenvalue weighted by Crippen LogP contribution is -2.15. The van der Waals surface area contributed by atoms with Crippen LogP contribution in [0.25, 0.3) is 21.3 Å². The van der Waals surface area contributed by atoms with Crippen molar-refractivity contribution in [2.24, 2.45) is 0 Å². The smallest absolute Gasteiger partial charge is 0.149 e. The molecule has 2 atom stereocenters. The van der Waals surface area contributed by atoms with E-state index in [1.54, 1.807) is 17.7 Å². The number of thiophene rings is 1. The fourth-order valence-electron chi connectivity index (χ4n) is 3.18. The number of hydrogen-bond acceptors (Lipinski definition) is 6. The van der Waals surface area contributed by atoms with Crippen LogP contribution in [0.1, 0.15) is 19.1 Å². The van der Waals surface area contributed by atoms with Gasteiger partial charge in [0.05, 0.1) is 18.1 Å². The maximum atomic E-state index is 9.32. The highest BCUT2D eigenvalue weighted by atomic mass is 32.1. The van der Waals surface area contributed by atoms with Crippen LogP contribution in [0.15, 0.2) is 17.8 Å². The Morgan fingerprint density at radius 3 is 3.00 bits per heavy atom. The molecule has 2 unspecified atom stereocenters. The number of aliphatic hydroxyl groups excluding tert-OH is 1. The summed E-state index contributed by atoms with van der Waals surface area (Å²) in [7, 11) is 3.98. The topological polar surface area (TPSA) is 63.4 Å². The van der Waals surface area contributed by atoms with Crippen LogP contribution in [0.2, 0.25) is 0 Å². The minimum atomic E-state index is -0.0763. The van der Waals surface area contributed by atoms with Crippen molar-refractivity contribution >= 4 is 38.4 Å². The van der Waals surface area contributed by atoms with Crippen molar-refractivity contribution in [3.05, 3.63) is 17.8 Å². The maximum absolute atomic E-state index is 9.32. The van der Waals surface area contributed by atoms with Gasteiger partial charge in [-0.1, -0.05) is 0 Å². The normalized spacial score (nSPS) is 22.0. The van der Waals surface area contributed by atoms with Crippen LogP contribution in [0.5, 0.6) is 0 Å². The van der Waals surface area contributed by atoms with Gasteiger partial charge in [0, 0.05) is 19.5 Å². The van der Waals surface area contributed by atoms with Gasteiger partial charge in [-0.2, -0.15) is 0 Å². The fraction of sp³-hybridized carbons (Fsp3) is 0.467. The molecule has 0 bridgehead atoms. The SMILES string of the molecule is CN(C)c1ncnc2c1c1ccsc1n2C1CCC(CO)O1. The van der Waals surface area contributed by atoms with Crippen molar-refractivity contribution in [1.82, 2.24) is 14.5 Å². The van der Waals surface area contributed by atoms with E-state index in [4.69, 9.17) is 4.74 Å². The first-order chi connectivity index (χ1) is 10.7. The van der Waals surface area contributed by atoms with Crippen molar-refractivity contribution in [3.63, 3.8) is 0 Å². The Balaban J connectivity index is 1.97. The molecule has 7 heteroatoms. The Morgan fingerprint density at radius 2 is 2.27 bits per heavy atom. The van der Waals surface area contributed by atoms with Crippen LogP contribution in [0.4, 0.5) is 5.82 Å². The van der Waals surface area contributed by atoms with E-state index in [9.17, 15) is 5.11 Å². The largest absolute Gasteiger partial charge is 0.394 e. The summed E-state index contributed by atoms with van der Waals surface area (Å²) in [4.78, 5) is 12.1. The highest BCUT2D eigenvalue weighted by molar-refractivity contribution is 7.17. The predicted octanol–water partition coefficient (Wildman–Crippen LogP) is 2.38. The monoisotopic (exact) mass is 318 g/mol. The quantitative estimate of drug-likeness (QED) is 0.803. The first-order valence-electron chi connectivity index (χ1n) is 7.36. The molecule has 1 aliphatic rings. The Morgan fingerprint density at radius 1 is 1.41 bits per heavy atom. The lowest BCUT2D eigenvalue weighted by Gasteiger charge is -2.16. The van der Waals surface area contributed by atoms with Crippen LogP contribution in [0, 0.1) is 0 Å². The van der Waals surface area contributed by atoms with Gasteiger partial charge in [-0.3, -0.25) is 4.57 Å². The van der Waals surface area contributed by atoms with Crippen molar-refractivity contribution in [2.45, 2.75) is 25.2 Å². The molecule has 1 N–H and O–H groups in total. The predicted molar refractivity (Wildman–Crippen MR) is 87.5 cm³/mol. The van der Waals surface area contributed by atoms with E-state index in [-0.39, 0.29) is 18.9 Å². The summed E-state index contributed by atoms with van der Waals surface area (Å²) in [5, 5.41) is 13.6. The number of anilines is 1. The van der Waals surface area contributed by atoms with E-state index in [1.165, 1.54) is 5.39 Å². The molecule has 3 aromatic heterocycles. The average molecular weight is 318 g/mol. The second-order valence-electron chi connectivity index (χ2n) is 5.77. The lowest BCUT2D eigenvalue weighted by atomic mass is 10.2. The number of nitrogens with zero attached hydrogens (tertiary/aromatic N) is 4. The van der Waals surface area contributed by atoms with Crippen LogP contribution in [0.3, 0.4) is 0 Å². The minimum absolute atomic E-state index is 0.0688. The van der Waals surface area contributed by atoms with Gasteiger partial charge in [0.25, 0.3) is 0 Å². The number of aliphatic hydroxyl groups is 1. The van der Waals surface area contributed by atoms with Gasteiger partial charge in [-0.25, -0.2) is 9.97 Å². The average Bonchev–Trinajstić information content (AvgIpc) is 3.21. The van der Waals surface area contributed by atoms with Gasteiger partial charge in [0.15, 0.2) is 0 Å². The molecule has 0 aliphatic carbocycles. The zero-order valence-corrected chi connectivity index (χ0v) is 13.4. The molecule has 3 aromatic rings. The minimum Gasteiger partial charge on any atom is -0.394 e. The van der Waals surface area contributed by atoms with Gasteiger partial charge in [-0.05, 0) is 24.3 Å².